The molecule has 1 atom stereocenters. The molecule has 2 aliphatic rings. The first-order valence-electron chi connectivity index (χ1n) is 8.76. The van der Waals surface area contributed by atoms with Gasteiger partial charge in [-0.3, -0.25) is 0 Å². The summed E-state index contributed by atoms with van der Waals surface area (Å²) in [5.74, 6) is 0.935. The Labute approximate surface area is 129 Å². The lowest BCUT2D eigenvalue weighted by atomic mass is 9.93. The molecule has 1 fully saturated rings. The second-order valence-corrected chi connectivity index (χ2v) is 6.87. The number of benzene rings is 1. The Morgan fingerprint density at radius 1 is 1.00 bits per heavy atom. The number of hydrogen-bond acceptors (Lipinski definition) is 0. The summed E-state index contributed by atoms with van der Waals surface area (Å²) in [5, 5.41) is 2.66. The molecule has 21 heavy (non-hydrogen) atoms. The molecule has 0 unspecified atom stereocenters. The third kappa shape index (κ3) is 4.69. The number of nitrogens with one attached hydrogen (secondary N) is 1. The molecule has 0 aromatic heterocycles. The van der Waals surface area contributed by atoms with Crippen LogP contribution in [0.5, 0.6) is 0 Å². The monoisotopic (exact) mass is 286 g/mol. The van der Waals surface area contributed by atoms with Crippen LogP contribution in [0.4, 0.5) is 0 Å². The second-order valence-electron chi connectivity index (χ2n) is 6.87. The molecule has 0 radical (unpaired) electrons. The zero-order chi connectivity index (χ0) is 14.3. The molecule has 1 aliphatic carbocycles. The molecule has 1 aromatic rings. The molecular formula is C19H30N2+2. The highest BCUT2D eigenvalue weighted by Crippen LogP contribution is 2.15. The van der Waals surface area contributed by atoms with Crippen molar-refractivity contribution in [3.63, 3.8) is 0 Å². The maximum absolute atomic E-state index is 2.66. The van der Waals surface area contributed by atoms with Crippen molar-refractivity contribution in [2.75, 3.05) is 19.6 Å². The smallest absolute Gasteiger partial charge is 0.103 e. The normalized spacial score (nSPS) is 29.4. The van der Waals surface area contributed by atoms with E-state index in [-0.39, 0.29) is 0 Å². The van der Waals surface area contributed by atoms with Crippen molar-refractivity contribution in [2.24, 2.45) is 5.92 Å². The van der Waals surface area contributed by atoms with E-state index in [1.807, 2.05) is 0 Å². The van der Waals surface area contributed by atoms with Crippen LogP contribution in [0.15, 0.2) is 42.5 Å². The van der Waals surface area contributed by atoms with E-state index >= 15 is 0 Å². The fraction of sp³-hybridized carbons (Fsp3) is 0.579. The van der Waals surface area contributed by atoms with Crippen LogP contribution in [0.1, 0.15) is 37.7 Å². The number of hydrogen-bond donors (Lipinski definition) is 2. The highest BCUT2D eigenvalue weighted by atomic mass is 15.1. The van der Waals surface area contributed by atoms with E-state index < -0.39 is 0 Å². The predicted octanol–water partition coefficient (Wildman–Crippen LogP) is 1.15. The Kier molecular flexibility index (Phi) is 5.47. The number of nitrogens with two attached hydrogens (primary N) is 1. The summed E-state index contributed by atoms with van der Waals surface area (Å²) in [7, 11) is 0. The van der Waals surface area contributed by atoms with Crippen LogP contribution >= 0.6 is 0 Å². The molecule has 2 nitrogen and oxygen atoms in total. The quantitative estimate of drug-likeness (QED) is 0.758. The highest BCUT2D eigenvalue weighted by molar-refractivity contribution is 5.13. The molecule has 0 spiro atoms. The molecule has 2 heteroatoms. The molecule has 1 saturated heterocycles. The van der Waals surface area contributed by atoms with Gasteiger partial charge in [-0.25, -0.2) is 0 Å². The van der Waals surface area contributed by atoms with Crippen molar-refractivity contribution in [1.82, 2.24) is 0 Å². The average molecular weight is 286 g/mol. The predicted molar refractivity (Wildman–Crippen MR) is 87.1 cm³/mol. The minimum atomic E-state index is 0.885. The number of piperidine rings is 1. The first-order valence-corrected chi connectivity index (χ1v) is 8.76. The van der Waals surface area contributed by atoms with E-state index in [1.54, 1.807) is 4.90 Å². The number of allylic oxidation sites excluding steroid dienone is 2. The van der Waals surface area contributed by atoms with Crippen LogP contribution in [0, 0.1) is 5.92 Å². The molecule has 1 aliphatic heterocycles. The summed E-state index contributed by atoms with van der Waals surface area (Å²) in [6.07, 6.45) is 11.5. The van der Waals surface area contributed by atoms with Gasteiger partial charge in [-0.1, -0.05) is 42.5 Å². The lowest BCUT2D eigenvalue weighted by molar-refractivity contribution is -0.926. The first-order chi connectivity index (χ1) is 10.4. The van der Waals surface area contributed by atoms with Gasteiger partial charge >= 0.3 is 0 Å². The number of quaternary nitrogens is 2. The molecule has 3 N–H and O–H groups in total. The van der Waals surface area contributed by atoms with Gasteiger partial charge in [0.2, 0.25) is 0 Å². The fourth-order valence-electron chi connectivity index (χ4n) is 3.80. The number of rotatable bonds is 5. The highest BCUT2D eigenvalue weighted by Gasteiger charge is 2.25. The zero-order valence-corrected chi connectivity index (χ0v) is 13.1. The minimum Gasteiger partial charge on any atom is -0.343 e. The lowest BCUT2D eigenvalue weighted by Crippen LogP contribution is -3.13. The van der Waals surface area contributed by atoms with E-state index in [9.17, 15) is 0 Å². The molecule has 0 bridgehead atoms. The van der Waals surface area contributed by atoms with Gasteiger partial charge in [0.1, 0.15) is 6.54 Å². The Balaban J connectivity index is 1.36. The number of likely N-dealkylation sites (tertiary alicyclic amines) is 1. The topological polar surface area (TPSA) is 21.1 Å². The second kappa shape index (κ2) is 7.77. The average Bonchev–Trinajstić information content (AvgIpc) is 2.56. The Morgan fingerprint density at radius 3 is 2.52 bits per heavy atom. The van der Waals surface area contributed by atoms with Crippen molar-refractivity contribution < 1.29 is 10.2 Å². The Morgan fingerprint density at radius 2 is 1.81 bits per heavy atom. The lowest BCUT2D eigenvalue weighted by Gasteiger charge is -2.29. The molecular weight excluding hydrogens is 256 g/mol. The van der Waals surface area contributed by atoms with Crippen LogP contribution < -0.4 is 10.2 Å². The maximum Gasteiger partial charge on any atom is 0.103 e. The third-order valence-electron chi connectivity index (χ3n) is 5.21. The summed E-state index contributed by atoms with van der Waals surface area (Å²) >= 11 is 0. The molecule has 0 amide bonds. The van der Waals surface area contributed by atoms with Gasteiger partial charge in [0.15, 0.2) is 0 Å². The summed E-state index contributed by atoms with van der Waals surface area (Å²) < 4.78 is 0. The first kappa shape index (κ1) is 14.8. The molecule has 114 valence electrons. The summed E-state index contributed by atoms with van der Waals surface area (Å²) in [6, 6.07) is 11.8. The van der Waals surface area contributed by atoms with Crippen molar-refractivity contribution in [2.45, 2.75) is 44.7 Å². The molecule has 1 aromatic carbocycles. The van der Waals surface area contributed by atoms with Crippen LogP contribution in [-0.2, 0) is 6.54 Å². The van der Waals surface area contributed by atoms with Gasteiger partial charge in [0, 0.05) is 24.3 Å². The van der Waals surface area contributed by atoms with Crippen LogP contribution in [0.25, 0.3) is 0 Å². The van der Waals surface area contributed by atoms with Crippen LogP contribution in [0.2, 0.25) is 0 Å². The van der Waals surface area contributed by atoms with Gasteiger partial charge in [-0.05, 0) is 19.3 Å². The van der Waals surface area contributed by atoms with E-state index in [1.165, 1.54) is 63.8 Å². The SMILES string of the molecule is C1=CC[C@@H](C[NH2+]C2CC[NH+](Cc3ccccc3)CC2)CC1. The summed E-state index contributed by atoms with van der Waals surface area (Å²) in [5.41, 5.74) is 1.49. The third-order valence-corrected chi connectivity index (χ3v) is 5.21. The maximum atomic E-state index is 2.66. The Bertz CT molecular complexity index is 432. The molecule has 0 saturated carbocycles. The van der Waals surface area contributed by atoms with Crippen molar-refractivity contribution in [1.29, 1.82) is 0 Å². The van der Waals surface area contributed by atoms with Gasteiger partial charge < -0.3 is 10.2 Å². The molecule has 3 rings (SSSR count). The fourth-order valence-corrected chi connectivity index (χ4v) is 3.80. The zero-order valence-electron chi connectivity index (χ0n) is 13.1. The van der Waals surface area contributed by atoms with Gasteiger partial charge in [-0.2, -0.15) is 0 Å². The van der Waals surface area contributed by atoms with Crippen molar-refractivity contribution in [3.8, 4) is 0 Å². The van der Waals surface area contributed by atoms with Crippen LogP contribution in [-0.4, -0.2) is 25.7 Å². The van der Waals surface area contributed by atoms with Gasteiger partial charge in [-0.15, -0.1) is 0 Å². The van der Waals surface area contributed by atoms with E-state index in [2.05, 4.69) is 47.8 Å². The van der Waals surface area contributed by atoms with Crippen molar-refractivity contribution in [3.05, 3.63) is 48.0 Å². The van der Waals surface area contributed by atoms with E-state index in [0.29, 0.717) is 0 Å². The molecule has 1 heterocycles. The van der Waals surface area contributed by atoms with Gasteiger partial charge in [0.25, 0.3) is 0 Å². The Hall–Kier alpha value is -1.12. The van der Waals surface area contributed by atoms with Crippen molar-refractivity contribution >= 4 is 0 Å². The van der Waals surface area contributed by atoms with Gasteiger partial charge in [0.05, 0.1) is 25.7 Å². The largest absolute Gasteiger partial charge is 0.343 e. The van der Waals surface area contributed by atoms with E-state index in [4.69, 9.17) is 0 Å². The minimum absolute atomic E-state index is 0.885. The summed E-state index contributed by atoms with van der Waals surface area (Å²) in [4.78, 5) is 1.77. The standard InChI is InChI=1S/C19H28N2/c1-3-7-17(8-4-1)15-20-19-11-13-21(14-12-19)16-18-9-5-2-6-10-18/h1-3,5-6,9-10,17,19-20H,4,7-8,11-16H2/p+2/t17-/m1/s1. The van der Waals surface area contributed by atoms with E-state index in [0.717, 1.165) is 12.0 Å². The summed E-state index contributed by atoms with van der Waals surface area (Å²) in [6.45, 7) is 5.26. The van der Waals surface area contributed by atoms with Crippen LogP contribution in [0.3, 0.4) is 0 Å².